The van der Waals surface area contributed by atoms with E-state index in [9.17, 15) is 0 Å². The molecule has 0 aliphatic carbocycles. The molecular weight excluding hydrogens is 170 g/mol. The van der Waals surface area contributed by atoms with E-state index < -0.39 is 9.05 Å². The predicted molar refractivity (Wildman–Crippen MR) is 29.0 cm³/mol. The number of rotatable bonds is 0. The van der Waals surface area contributed by atoms with Crippen LogP contribution in [0.25, 0.3) is 0 Å². The van der Waals surface area contributed by atoms with Crippen LogP contribution in [-0.2, 0) is 0 Å². The zero-order valence-electron chi connectivity index (χ0n) is 5.29. The minimum Gasteiger partial charge on any atom is -0.894 e. The van der Waals surface area contributed by atoms with Crippen molar-refractivity contribution >= 4 is 41.6 Å². The maximum absolute atomic E-state index is 8.58. The fourth-order valence-corrected chi connectivity index (χ4v) is 0. The molecule has 0 aromatic heterocycles. The molecule has 4 nitrogen and oxygen atoms in total. The Kier molecular flexibility index (Phi) is 21.9. The van der Waals surface area contributed by atoms with E-state index in [0.29, 0.717) is 0 Å². The Morgan fingerprint density at radius 2 is 0.778 bits per heavy atom. The minimum absolute atomic E-state index is 1.92. The average Bonchev–Trinajstić information content (AvgIpc) is 1.72. The van der Waals surface area contributed by atoms with Gasteiger partial charge in [0.1, 0.15) is 0 Å². The van der Waals surface area contributed by atoms with E-state index in [2.05, 4.69) is 32.6 Å². The molecule has 0 aromatic rings. The Labute approximate surface area is 72.5 Å². The number of hydrogen-bond donors (Lipinski definition) is 0. The van der Waals surface area contributed by atoms with Crippen LogP contribution in [0.1, 0.15) is 0 Å². The van der Waals surface area contributed by atoms with Crippen molar-refractivity contribution in [2.45, 2.75) is 11.6 Å². The first-order valence-electron chi connectivity index (χ1n) is 1.97. The largest absolute Gasteiger partial charge is 0.894 e. The van der Waals surface area contributed by atoms with Gasteiger partial charge in [0.15, 0.2) is 0 Å². The van der Waals surface area contributed by atoms with Crippen molar-refractivity contribution in [2.24, 2.45) is 0 Å². The molecule has 0 rings (SSSR count). The summed E-state index contributed by atoms with van der Waals surface area (Å²) in [5.74, 6) is 3.83. The molecule has 0 unspecified atom stereocenters. The van der Waals surface area contributed by atoms with Crippen LogP contribution in [0.15, 0.2) is 0 Å². The molecule has 0 saturated carbocycles. The first kappa shape index (κ1) is 16.6. The van der Waals surface area contributed by atoms with Crippen LogP contribution < -0.4 is 19.2 Å². The van der Waals surface area contributed by atoms with Crippen molar-refractivity contribution in [3.05, 3.63) is 0 Å². The Bertz CT molecular complexity index is 32.0. The van der Waals surface area contributed by atoms with Gasteiger partial charge in [0.25, 0.3) is 0 Å². The molecular formula is C2H6Al2O4Si. The maximum atomic E-state index is 8.58. The monoisotopic (exact) mass is 176 g/mol. The fourth-order valence-electron chi connectivity index (χ4n) is 0. The van der Waals surface area contributed by atoms with Crippen molar-refractivity contribution in [3.63, 3.8) is 0 Å². The SMILES string of the molecule is [CH3][Al+2].[CH3][Al+2].[O-][Si]([O-])([O-])[O-]. The molecule has 0 amide bonds. The second kappa shape index (κ2) is 11.9. The quantitative estimate of drug-likeness (QED) is 0.346. The molecule has 0 aliphatic rings. The first-order valence-corrected chi connectivity index (χ1v) is 5.91. The normalized spacial score (nSPS) is 8.22. The number of hydrogen-bond acceptors (Lipinski definition) is 4. The van der Waals surface area contributed by atoms with E-state index in [0.717, 1.165) is 0 Å². The molecule has 9 heavy (non-hydrogen) atoms. The van der Waals surface area contributed by atoms with Crippen LogP contribution >= 0.6 is 0 Å². The van der Waals surface area contributed by atoms with E-state index in [1.165, 1.54) is 0 Å². The van der Waals surface area contributed by atoms with Crippen LogP contribution in [0, 0.1) is 0 Å². The van der Waals surface area contributed by atoms with Crippen LogP contribution in [0.2, 0.25) is 11.6 Å². The van der Waals surface area contributed by atoms with Crippen molar-refractivity contribution < 1.29 is 19.2 Å². The molecule has 0 aliphatic heterocycles. The molecule has 48 valence electrons. The van der Waals surface area contributed by atoms with Crippen molar-refractivity contribution in [1.82, 2.24) is 0 Å². The zero-order valence-corrected chi connectivity index (χ0v) is 8.60. The van der Waals surface area contributed by atoms with Crippen molar-refractivity contribution in [1.29, 1.82) is 0 Å². The molecule has 0 spiro atoms. The van der Waals surface area contributed by atoms with Gasteiger partial charge in [-0.15, -0.1) is 0 Å². The molecule has 0 N–H and O–H groups in total. The summed E-state index contributed by atoms with van der Waals surface area (Å²) in [4.78, 5) is 34.3. The van der Waals surface area contributed by atoms with Crippen LogP contribution in [-0.4, -0.2) is 41.6 Å². The van der Waals surface area contributed by atoms with E-state index >= 15 is 0 Å². The molecule has 0 bridgehead atoms. The van der Waals surface area contributed by atoms with Gasteiger partial charge in [0, 0.05) is 0 Å². The predicted octanol–water partition coefficient (Wildman–Crippen LogP) is -4.73. The first-order chi connectivity index (χ1) is 4.00. The third kappa shape index (κ3) is 368. The summed E-state index contributed by atoms with van der Waals surface area (Å²) in [6, 6.07) is 0. The van der Waals surface area contributed by atoms with Crippen LogP contribution in [0.3, 0.4) is 0 Å². The van der Waals surface area contributed by atoms with Gasteiger partial charge in [-0.2, -0.15) is 0 Å². The molecule has 7 heteroatoms. The summed E-state index contributed by atoms with van der Waals surface area (Å²) >= 11 is 4.83. The van der Waals surface area contributed by atoms with Gasteiger partial charge in [0.2, 0.25) is 0 Å². The zero-order chi connectivity index (χ0) is 8.50. The van der Waals surface area contributed by atoms with Gasteiger partial charge in [-0.3, -0.25) is 0 Å². The standard InChI is InChI=1S/2CH3.2Al.O4Si/c;;;;1-5(2,3)4/h2*1H3;;;/q;;2*+2;-4. The second-order valence-corrected chi connectivity index (χ2v) is 1.50. The molecule has 0 heterocycles. The van der Waals surface area contributed by atoms with Crippen molar-refractivity contribution in [3.8, 4) is 0 Å². The van der Waals surface area contributed by atoms with Gasteiger partial charge >= 0.3 is 44.2 Å². The summed E-state index contributed by atoms with van der Waals surface area (Å²) in [5, 5.41) is 0. The maximum Gasteiger partial charge on any atom is -0.426 e. The Balaban J connectivity index is -0.0000000771. The van der Waals surface area contributed by atoms with Gasteiger partial charge in [-0.05, 0) is 0 Å². The van der Waals surface area contributed by atoms with Crippen LogP contribution in [0.5, 0.6) is 0 Å². The summed E-state index contributed by atoms with van der Waals surface area (Å²) in [6.45, 7) is 0. The molecule has 0 atom stereocenters. The van der Waals surface area contributed by atoms with Gasteiger partial charge < -0.3 is 28.2 Å². The summed E-state index contributed by atoms with van der Waals surface area (Å²) in [6.07, 6.45) is 0. The summed E-state index contributed by atoms with van der Waals surface area (Å²) in [7, 11) is -5.61. The van der Waals surface area contributed by atoms with E-state index in [1.54, 1.807) is 0 Å². The third-order valence-electron chi connectivity index (χ3n) is 0. The van der Waals surface area contributed by atoms with Gasteiger partial charge in [-0.25, -0.2) is 0 Å². The van der Waals surface area contributed by atoms with Gasteiger partial charge in [-0.1, -0.05) is 0 Å². The molecule has 0 fully saturated rings. The van der Waals surface area contributed by atoms with Crippen molar-refractivity contribution in [2.75, 3.05) is 0 Å². The average molecular weight is 176 g/mol. The Morgan fingerprint density at radius 1 is 0.778 bits per heavy atom. The van der Waals surface area contributed by atoms with Crippen LogP contribution in [0.4, 0.5) is 0 Å². The van der Waals surface area contributed by atoms with E-state index in [-0.39, 0.29) is 0 Å². The molecule has 0 saturated heterocycles. The fraction of sp³-hybridized carbons (Fsp3) is 1.00. The summed E-state index contributed by atoms with van der Waals surface area (Å²) in [5.41, 5.74) is 0. The van der Waals surface area contributed by atoms with E-state index in [1.807, 2.05) is 11.6 Å². The van der Waals surface area contributed by atoms with E-state index in [4.69, 9.17) is 19.2 Å². The minimum atomic E-state index is -5.61. The Hall–Kier alpha value is 1.12. The third-order valence-corrected chi connectivity index (χ3v) is 0. The summed E-state index contributed by atoms with van der Waals surface area (Å²) < 4.78 is 0. The molecule has 0 radical (unpaired) electrons. The smallest absolute Gasteiger partial charge is 0.426 e. The Morgan fingerprint density at radius 3 is 0.778 bits per heavy atom. The molecule has 0 aromatic carbocycles. The van der Waals surface area contributed by atoms with Gasteiger partial charge in [0.05, 0.1) is 0 Å². The second-order valence-electron chi connectivity index (χ2n) is 0.500. The topological polar surface area (TPSA) is 92.2 Å².